The molecule has 1 N–H and O–H groups in total. The highest BCUT2D eigenvalue weighted by molar-refractivity contribution is 7.14. The third kappa shape index (κ3) is 4.16. The van der Waals surface area contributed by atoms with E-state index >= 15 is 0 Å². The van der Waals surface area contributed by atoms with Crippen LogP contribution in [0.3, 0.4) is 0 Å². The fraction of sp³-hybridized carbons (Fsp3) is 0.174. The molecule has 1 amide bonds. The molecule has 0 bridgehead atoms. The van der Waals surface area contributed by atoms with Crippen LogP contribution in [0.5, 0.6) is 0 Å². The van der Waals surface area contributed by atoms with Crippen LogP contribution < -0.4 is 9.88 Å². The molecule has 0 aliphatic carbocycles. The standard InChI is InChI=1S/C23H17Cl2FN4OS/c24-17-8-5-15(10-18(17)25)20-11-29(22-2-1-9-30(20)22)12-21(31)28-23-27-19(13-32-23)14-3-6-16(26)7-4-14/h3-8,10-11,13H,1-2,9,12H2/p+1. The number of hydrogen-bond donors (Lipinski definition) is 1. The second kappa shape index (κ2) is 8.65. The second-order valence-electron chi connectivity index (χ2n) is 7.54. The van der Waals surface area contributed by atoms with E-state index in [9.17, 15) is 9.18 Å². The van der Waals surface area contributed by atoms with Crippen LogP contribution in [-0.2, 0) is 24.3 Å². The van der Waals surface area contributed by atoms with E-state index in [-0.39, 0.29) is 18.3 Å². The van der Waals surface area contributed by atoms with Gasteiger partial charge in [0.05, 0.1) is 28.7 Å². The van der Waals surface area contributed by atoms with E-state index in [0.29, 0.717) is 20.9 Å². The molecule has 4 aromatic rings. The van der Waals surface area contributed by atoms with Gasteiger partial charge < -0.3 is 0 Å². The molecule has 2 aromatic carbocycles. The van der Waals surface area contributed by atoms with Gasteiger partial charge in [-0.15, -0.1) is 11.3 Å². The molecule has 1 aliphatic heterocycles. The van der Waals surface area contributed by atoms with Crippen molar-refractivity contribution < 1.29 is 13.8 Å². The minimum atomic E-state index is -0.296. The molecule has 0 fully saturated rings. The molecule has 0 radical (unpaired) electrons. The first kappa shape index (κ1) is 21.1. The summed E-state index contributed by atoms with van der Waals surface area (Å²) < 4.78 is 17.3. The van der Waals surface area contributed by atoms with Crippen molar-refractivity contribution in [1.29, 1.82) is 0 Å². The lowest BCUT2D eigenvalue weighted by Crippen LogP contribution is -2.42. The zero-order valence-electron chi connectivity index (χ0n) is 16.8. The average Bonchev–Trinajstić information content (AvgIpc) is 3.49. The summed E-state index contributed by atoms with van der Waals surface area (Å²) in [5.74, 6) is 0.651. The van der Waals surface area contributed by atoms with Crippen LogP contribution in [0.4, 0.5) is 9.52 Å². The number of benzene rings is 2. The first-order valence-corrected chi connectivity index (χ1v) is 11.7. The number of halogens is 3. The van der Waals surface area contributed by atoms with E-state index in [2.05, 4.69) is 14.9 Å². The van der Waals surface area contributed by atoms with Gasteiger partial charge in [-0.3, -0.25) is 10.1 Å². The van der Waals surface area contributed by atoms with Crippen LogP contribution >= 0.6 is 34.5 Å². The van der Waals surface area contributed by atoms with E-state index in [1.807, 2.05) is 28.3 Å². The predicted molar refractivity (Wildman–Crippen MR) is 125 cm³/mol. The fourth-order valence-electron chi connectivity index (χ4n) is 3.93. The number of carbonyl (C=O) groups is 1. The van der Waals surface area contributed by atoms with Crippen LogP contribution in [-0.4, -0.2) is 15.5 Å². The molecule has 0 saturated carbocycles. The Labute approximate surface area is 198 Å². The Bertz CT molecular complexity index is 1320. The third-order valence-corrected chi connectivity index (χ3v) is 6.91. The molecule has 32 heavy (non-hydrogen) atoms. The Morgan fingerprint density at radius 2 is 1.94 bits per heavy atom. The molecule has 0 saturated heterocycles. The third-order valence-electron chi connectivity index (χ3n) is 5.41. The summed E-state index contributed by atoms with van der Waals surface area (Å²) in [5.41, 5.74) is 3.47. The van der Waals surface area contributed by atoms with Gasteiger partial charge in [0, 0.05) is 16.5 Å². The molecule has 9 heteroatoms. The van der Waals surface area contributed by atoms with Crippen LogP contribution in [0.2, 0.25) is 10.0 Å². The lowest BCUT2D eigenvalue weighted by molar-refractivity contribution is -0.690. The van der Waals surface area contributed by atoms with Gasteiger partial charge in [-0.25, -0.2) is 18.5 Å². The molecule has 5 rings (SSSR count). The summed E-state index contributed by atoms with van der Waals surface area (Å²) in [7, 11) is 0. The van der Waals surface area contributed by atoms with Gasteiger partial charge in [0.25, 0.3) is 11.7 Å². The molecule has 0 unspecified atom stereocenters. The fourth-order valence-corrected chi connectivity index (χ4v) is 4.96. The summed E-state index contributed by atoms with van der Waals surface area (Å²) >= 11 is 13.6. The maximum Gasteiger partial charge on any atom is 0.268 e. The quantitative estimate of drug-likeness (QED) is 0.372. The first-order chi connectivity index (χ1) is 15.5. The largest absolute Gasteiger partial charge is 0.299 e. The molecule has 3 heterocycles. The lowest BCUT2D eigenvalue weighted by atomic mass is 10.1. The number of anilines is 1. The number of rotatable bonds is 5. The maximum atomic E-state index is 13.1. The van der Waals surface area contributed by atoms with Crippen molar-refractivity contribution in [1.82, 2.24) is 9.55 Å². The maximum absolute atomic E-state index is 13.1. The summed E-state index contributed by atoms with van der Waals surface area (Å²) in [6.45, 7) is 1.08. The minimum Gasteiger partial charge on any atom is -0.299 e. The van der Waals surface area contributed by atoms with Crippen molar-refractivity contribution in [2.45, 2.75) is 25.9 Å². The van der Waals surface area contributed by atoms with Gasteiger partial charge in [0.1, 0.15) is 12.0 Å². The number of imidazole rings is 1. The summed E-state index contributed by atoms with van der Waals surface area (Å²) in [4.78, 5) is 17.2. The molecule has 162 valence electrons. The van der Waals surface area contributed by atoms with E-state index in [1.54, 1.807) is 18.2 Å². The molecule has 2 aromatic heterocycles. The molecule has 0 spiro atoms. The van der Waals surface area contributed by atoms with Crippen molar-refractivity contribution in [3.05, 3.63) is 75.7 Å². The second-order valence-corrected chi connectivity index (χ2v) is 9.21. The van der Waals surface area contributed by atoms with Gasteiger partial charge in [-0.1, -0.05) is 23.2 Å². The number of fused-ring (bicyclic) bond motifs is 1. The highest BCUT2D eigenvalue weighted by Gasteiger charge is 2.30. The monoisotopic (exact) mass is 487 g/mol. The van der Waals surface area contributed by atoms with E-state index in [1.165, 1.54) is 23.5 Å². The Balaban J connectivity index is 1.34. The summed E-state index contributed by atoms with van der Waals surface area (Å²) in [6, 6.07) is 11.7. The van der Waals surface area contributed by atoms with E-state index in [4.69, 9.17) is 23.2 Å². The molecular formula is C23H18Cl2FN4OS+. The smallest absolute Gasteiger partial charge is 0.268 e. The zero-order valence-corrected chi connectivity index (χ0v) is 19.1. The van der Waals surface area contributed by atoms with Crippen LogP contribution in [0.25, 0.3) is 22.5 Å². The Hall–Kier alpha value is -2.74. The van der Waals surface area contributed by atoms with Crippen LogP contribution in [0.1, 0.15) is 12.2 Å². The minimum absolute atomic E-state index is 0.156. The SMILES string of the molecule is O=C(C[n+]1cc(-c2ccc(Cl)c(Cl)c2)n2c1CCC2)Nc1nc(-c2ccc(F)cc2)cs1. The molecule has 5 nitrogen and oxygen atoms in total. The Morgan fingerprint density at radius 1 is 1.16 bits per heavy atom. The van der Waals surface area contributed by atoms with Gasteiger partial charge in [0.2, 0.25) is 0 Å². The highest BCUT2D eigenvalue weighted by atomic mass is 35.5. The number of nitrogens with one attached hydrogen (secondary N) is 1. The summed E-state index contributed by atoms with van der Waals surface area (Å²) in [6.07, 6.45) is 3.92. The van der Waals surface area contributed by atoms with Crippen molar-refractivity contribution in [3.8, 4) is 22.5 Å². The number of amides is 1. The lowest BCUT2D eigenvalue weighted by Gasteiger charge is -2.01. The van der Waals surface area contributed by atoms with Gasteiger partial charge in [0.15, 0.2) is 17.4 Å². The van der Waals surface area contributed by atoms with Crippen molar-refractivity contribution >= 4 is 45.6 Å². The normalized spacial score (nSPS) is 12.7. The molecule has 0 atom stereocenters. The van der Waals surface area contributed by atoms with Crippen LogP contribution in [0.15, 0.2) is 54.0 Å². The Morgan fingerprint density at radius 3 is 2.72 bits per heavy atom. The van der Waals surface area contributed by atoms with Crippen molar-refractivity contribution in [2.75, 3.05) is 5.32 Å². The first-order valence-electron chi connectivity index (χ1n) is 10.1. The van der Waals surface area contributed by atoms with Crippen molar-refractivity contribution in [3.63, 3.8) is 0 Å². The van der Waals surface area contributed by atoms with E-state index in [0.717, 1.165) is 42.0 Å². The van der Waals surface area contributed by atoms with E-state index < -0.39 is 0 Å². The van der Waals surface area contributed by atoms with Gasteiger partial charge >= 0.3 is 0 Å². The van der Waals surface area contributed by atoms with Gasteiger partial charge in [-0.05, 0) is 48.9 Å². The van der Waals surface area contributed by atoms with Gasteiger partial charge in [-0.2, -0.15) is 0 Å². The van der Waals surface area contributed by atoms with Crippen molar-refractivity contribution in [2.24, 2.45) is 0 Å². The van der Waals surface area contributed by atoms with Crippen LogP contribution in [0, 0.1) is 5.82 Å². The zero-order chi connectivity index (χ0) is 22.2. The number of hydrogen-bond acceptors (Lipinski definition) is 3. The average molecular weight is 488 g/mol. The number of thiazole rings is 1. The highest BCUT2D eigenvalue weighted by Crippen LogP contribution is 2.30. The molecule has 1 aliphatic rings. The predicted octanol–water partition coefficient (Wildman–Crippen LogP) is 5.60. The molecular weight excluding hydrogens is 470 g/mol. The summed E-state index contributed by atoms with van der Waals surface area (Å²) in [5, 5.41) is 6.24. The number of carbonyl (C=O) groups excluding carboxylic acids is 1. The number of aromatic nitrogens is 3. The number of nitrogens with zero attached hydrogens (tertiary/aromatic N) is 3. The Kier molecular flexibility index (Phi) is 5.71. The topological polar surface area (TPSA) is 50.8 Å².